The van der Waals surface area contributed by atoms with E-state index in [1.807, 2.05) is 13.8 Å². The minimum absolute atomic E-state index is 0.00542. The average molecular weight is 462 g/mol. The third-order valence-corrected chi connectivity index (χ3v) is 5.60. The standard InChI is InChI=1S/C20H39N5O5S/c1-12(2)11-15(24)18(28)25(17(27)13(3)22)20(19(29)30,8-10-31-4)16(26)14(23)7-5-6-9-21/h12-15H,5-11,21-24H2,1-4H3,(H,29,30). The number of imide groups is 1. The van der Waals surface area contributed by atoms with Crippen molar-refractivity contribution in [3.8, 4) is 0 Å². The van der Waals surface area contributed by atoms with E-state index in [0.717, 1.165) is 0 Å². The largest absolute Gasteiger partial charge is 0.479 e. The van der Waals surface area contributed by atoms with E-state index in [1.54, 1.807) is 6.26 Å². The number of Topliss-reactive ketones (excluding diaryl/α,β-unsaturated/α-hetero) is 1. The number of carboxylic acids is 1. The van der Waals surface area contributed by atoms with Crippen LogP contribution in [0.4, 0.5) is 0 Å². The summed E-state index contributed by atoms with van der Waals surface area (Å²) in [5.41, 5.74) is 20.8. The predicted molar refractivity (Wildman–Crippen MR) is 122 cm³/mol. The van der Waals surface area contributed by atoms with Gasteiger partial charge in [-0.3, -0.25) is 19.3 Å². The number of thioether (sulfide) groups is 1. The highest BCUT2D eigenvalue weighted by molar-refractivity contribution is 7.98. The number of ketones is 1. The molecule has 10 nitrogen and oxygen atoms in total. The van der Waals surface area contributed by atoms with Gasteiger partial charge in [-0.05, 0) is 57.1 Å². The quantitative estimate of drug-likeness (QED) is 0.159. The van der Waals surface area contributed by atoms with Crippen LogP contribution in [0.25, 0.3) is 0 Å². The molecule has 0 heterocycles. The summed E-state index contributed by atoms with van der Waals surface area (Å²) < 4.78 is 0. The smallest absolute Gasteiger partial charge is 0.338 e. The Labute approximate surface area is 188 Å². The summed E-state index contributed by atoms with van der Waals surface area (Å²) >= 11 is 1.28. The lowest BCUT2D eigenvalue weighted by Crippen LogP contribution is -2.71. The first-order chi connectivity index (χ1) is 14.4. The zero-order valence-electron chi connectivity index (χ0n) is 19.0. The van der Waals surface area contributed by atoms with Gasteiger partial charge in [0.25, 0.3) is 0 Å². The predicted octanol–water partition coefficient (Wildman–Crippen LogP) is -0.336. The highest BCUT2D eigenvalue weighted by Crippen LogP contribution is 2.29. The fraction of sp³-hybridized carbons (Fsp3) is 0.800. The number of nitrogens with two attached hydrogens (primary N) is 4. The van der Waals surface area contributed by atoms with Gasteiger partial charge < -0.3 is 28.0 Å². The molecular weight excluding hydrogens is 422 g/mol. The molecule has 0 saturated carbocycles. The van der Waals surface area contributed by atoms with Crippen LogP contribution < -0.4 is 22.9 Å². The van der Waals surface area contributed by atoms with E-state index in [9.17, 15) is 24.3 Å². The van der Waals surface area contributed by atoms with Crippen LogP contribution in [0.15, 0.2) is 0 Å². The third kappa shape index (κ3) is 7.83. The molecular formula is C20H39N5O5S. The lowest BCUT2D eigenvalue weighted by atomic mass is 9.82. The molecule has 9 N–H and O–H groups in total. The van der Waals surface area contributed by atoms with Gasteiger partial charge in [-0.1, -0.05) is 20.3 Å². The van der Waals surface area contributed by atoms with Gasteiger partial charge in [0.1, 0.15) is 0 Å². The molecule has 0 aliphatic carbocycles. The number of hydrogen-bond acceptors (Lipinski definition) is 9. The Morgan fingerprint density at radius 2 is 1.58 bits per heavy atom. The Morgan fingerprint density at radius 1 is 1.00 bits per heavy atom. The SMILES string of the molecule is CSCCC(C(=O)O)(C(=O)C(N)CCCCN)N(C(=O)C(C)N)C(=O)C(N)CC(C)C. The molecule has 11 heteroatoms. The number of hydrogen-bond donors (Lipinski definition) is 5. The van der Waals surface area contributed by atoms with Crippen LogP contribution in [0, 0.1) is 5.92 Å². The topological polar surface area (TPSA) is 196 Å². The van der Waals surface area contributed by atoms with E-state index in [-0.39, 0.29) is 30.9 Å². The first-order valence-corrected chi connectivity index (χ1v) is 11.9. The number of carboxylic acid groups (broad SMARTS) is 1. The summed E-state index contributed by atoms with van der Waals surface area (Å²) in [6.45, 7) is 5.39. The van der Waals surface area contributed by atoms with E-state index >= 15 is 0 Å². The number of amides is 2. The molecule has 4 unspecified atom stereocenters. The van der Waals surface area contributed by atoms with Gasteiger partial charge in [-0.25, -0.2) is 4.79 Å². The Bertz CT molecular complexity index is 631. The second kappa shape index (κ2) is 13.8. The summed E-state index contributed by atoms with van der Waals surface area (Å²) in [6.07, 6.45) is 2.91. The molecule has 0 aromatic heterocycles. The lowest BCUT2D eigenvalue weighted by molar-refractivity contribution is -0.172. The second-order valence-corrected chi connectivity index (χ2v) is 9.19. The minimum Gasteiger partial charge on any atom is -0.479 e. The average Bonchev–Trinajstić information content (AvgIpc) is 2.68. The lowest BCUT2D eigenvalue weighted by Gasteiger charge is -2.41. The fourth-order valence-electron chi connectivity index (χ4n) is 3.31. The van der Waals surface area contributed by atoms with Gasteiger partial charge in [0.15, 0.2) is 5.78 Å². The van der Waals surface area contributed by atoms with E-state index in [1.165, 1.54) is 18.7 Å². The van der Waals surface area contributed by atoms with Gasteiger partial charge in [0.2, 0.25) is 17.4 Å². The maximum absolute atomic E-state index is 13.5. The number of carbonyl (C=O) groups is 4. The molecule has 0 aromatic carbocycles. The summed E-state index contributed by atoms with van der Waals surface area (Å²) in [4.78, 5) is 52.8. The molecule has 0 aliphatic heterocycles. The molecule has 0 bridgehead atoms. The van der Waals surface area contributed by atoms with Crippen molar-refractivity contribution < 1.29 is 24.3 Å². The van der Waals surface area contributed by atoms with Gasteiger partial charge >= 0.3 is 5.97 Å². The molecule has 0 rings (SSSR count). The van der Waals surface area contributed by atoms with Crippen molar-refractivity contribution in [2.75, 3.05) is 18.6 Å². The normalized spacial score (nSPS) is 16.3. The maximum atomic E-state index is 13.5. The Morgan fingerprint density at radius 3 is 2.00 bits per heavy atom. The van der Waals surface area contributed by atoms with Gasteiger partial charge in [-0.2, -0.15) is 11.8 Å². The summed E-state index contributed by atoms with van der Waals surface area (Å²) in [7, 11) is 0. The van der Waals surface area contributed by atoms with Gasteiger partial charge in [0, 0.05) is 0 Å². The van der Waals surface area contributed by atoms with Gasteiger partial charge in [-0.15, -0.1) is 0 Å². The van der Waals surface area contributed by atoms with Crippen LogP contribution in [0.1, 0.15) is 52.9 Å². The zero-order chi connectivity index (χ0) is 24.4. The highest BCUT2D eigenvalue weighted by atomic mass is 32.2. The zero-order valence-corrected chi connectivity index (χ0v) is 19.8. The molecule has 0 radical (unpaired) electrons. The number of nitrogens with zero attached hydrogens (tertiary/aromatic N) is 1. The molecule has 4 atom stereocenters. The summed E-state index contributed by atoms with van der Waals surface area (Å²) in [5, 5.41) is 10.2. The molecule has 180 valence electrons. The van der Waals surface area contributed by atoms with Crippen LogP contribution in [0.3, 0.4) is 0 Å². The first kappa shape index (κ1) is 29.5. The van der Waals surface area contributed by atoms with Crippen LogP contribution >= 0.6 is 11.8 Å². The van der Waals surface area contributed by atoms with E-state index in [2.05, 4.69) is 0 Å². The number of carbonyl (C=O) groups excluding carboxylic acids is 3. The maximum Gasteiger partial charge on any atom is 0.338 e. The van der Waals surface area contributed by atoms with Crippen molar-refractivity contribution in [2.45, 2.75) is 76.5 Å². The van der Waals surface area contributed by atoms with Crippen LogP contribution in [-0.2, 0) is 19.2 Å². The third-order valence-electron chi connectivity index (χ3n) is 4.99. The number of aliphatic carboxylic acids is 1. The van der Waals surface area contributed by atoms with E-state index in [0.29, 0.717) is 24.3 Å². The monoisotopic (exact) mass is 461 g/mol. The summed E-state index contributed by atoms with van der Waals surface area (Å²) in [5.74, 6) is -4.25. The highest BCUT2D eigenvalue weighted by Gasteiger charge is 2.57. The van der Waals surface area contributed by atoms with E-state index < -0.39 is 47.2 Å². The van der Waals surface area contributed by atoms with Crippen molar-refractivity contribution >= 4 is 35.3 Å². The van der Waals surface area contributed by atoms with Gasteiger partial charge in [0.05, 0.1) is 18.1 Å². The molecule has 0 aliphatic rings. The summed E-state index contributed by atoms with van der Waals surface area (Å²) in [6, 6.07) is -3.58. The second-order valence-electron chi connectivity index (χ2n) is 8.20. The van der Waals surface area contributed by atoms with Crippen molar-refractivity contribution in [3.05, 3.63) is 0 Å². The number of unbranched alkanes of at least 4 members (excludes halogenated alkanes) is 1. The van der Waals surface area contributed by atoms with Crippen LogP contribution in [0.2, 0.25) is 0 Å². The molecule has 0 saturated heterocycles. The first-order valence-electron chi connectivity index (χ1n) is 10.5. The molecule has 0 fully saturated rings. The van der Waals surface area contributed by atoms with Crippen molar-refractivity contribution in [3.63, 3.8) is 0 Å². The molecule has 31 heavy (non-hydrogen) atoms. The Kier molecular flexibility index (Phi) is 13.1. The Balaban J connectivity index is 6.56. The molecule has 2 amide bonds. The molecule has 0 spiro atoms. The van der Waals surface area contributed by atoms with Crippen molar-refractivity contribution in [1.29, 1.82) is 0 Å². The van der Waals surface area contributed by atoms with Crippen LogP contribution in [-0.4, -0.2) is 75.8 Å². The number of rotatable bonds is 15. The Hall–Kier alpha value is -1.53. The fourth-order valence-corrected chi connectivity index (χ4v) is 3.81. The van der Waals surface area contributed by atoms with Crippen LogP contribution in [0.5, 0.6) is 0 Å². The van der Waals surface area contributed by atoms with Crippen molar-refractivity contribution in [2.24, 2.45) is 28.9 Å². The minimum atomic E-state index is -2.48. The van der Waals surface area contributed by atoms with E-state index in [4.69, 9.17) is 22.9 Å². The molecule has 0 aromatic rings. The van der Waals surface area contributed by atoms with Crippen molar-refractivity contribution in [1.82, 2.24) is 4.90 Å².